The fourth-order valence-corrected chi connectivity index (χ4v) is 4.20. The normalized spacial score (nSPS) is 23.1. The van der Waals surface area contributed by atoms with E-state index in [-0.39, 0.29) is 30.1 Å². The molecule has 2 aromatic rings. The van der Waals surface area contributed by atoms with Gasteiger partial charge in [-0.1, -0.05) is 18.2 Å². The number of carbonyl (C=O) groups excluding carboxylic acids is 2. The van der Waals surface area contributed by atoms with Crippen LogP contribution in [0.25, 0.3) is 0 Å². The molecule has 7 nitrogen and oxygen atoms in total. The second-order valence-electron chi connectivity index (χ2n) is 8.34. The van der Waals surface area contributed by atoms with E-state index in [9.17, 15) is 14.0 Å². The molecule has 0 aromatic heterocycles. The van der Waals surface area contributed by atoms with Gasteiger partial charge in [-0.25, -0.2) is 4.39 Å². The highest BCUT2D eigenvalue weighted by Crippen LogP contribution is 2.28. The van der Waals surface area contributed by atoms with E-state index in [1.165, 1.54) is 13.0 Å². The van der Waals surface area contributed by atoms with E-state index in [1.807, 2.05) is 49.1 Å². The Labute approximate surface area is 186 Å². The molecule has 2 aromatic carbocycles. The van der Waals surface area contributed by atoms with Crippen LogP contribution in [0.2, 0.25) is 0 Å². The lowest BCUT2D eigenvalue weighted by molar-refractivity contribution is -0.118. The first-order chi connectivity index (χ1) is 15.3. The standard InChI is InChI=1S/C24H27FN4O3/c1-15-13-28(14-16(2)32-15)22-10-9-18(11-20(22)25)26-24(31)21-12-23(17(3)30)29(27-21)19-7-5-4-6-8-19/h4-11,15-16,23H,12-14H2,1-3H3,(H,26,31). The van der Waals surface area contributed by atoms with E-state index in [1.54, 1.807) is 17.1 Å². The number of nitrogens with one attached hydrogen (secondary N) is 1. The molecule has 4 rings (SSSR count). The molecule has 0 radical (unpaired) electrons. The molecule has 0 aliphatic carbocycles. The lowest BCUT2D eigenvalue weighted by Gasteiger charge is -2.37. The summed E-state index contributed by atoms with van der Waals surface area (Å²) in [5.74, 6) is -0.940. The number of ketones is 1. The van der Waals surface area contributed by atoms with E-state index in [0.29, 0.717) is 24.5 Å². The average Bonchev–Trinajstić information content (AvgIpc) is 3.20. The van der Waals surface area contributed by atoms with Crippen molar-refractivity contribution in [3.63, 3.8) is 0 Å². The van der Waals surface area contributed by atoms with Gasteiger partial charge in [0.2, 0.25) is 0 Å². The topological polar surface area (TPSA) is 74.2 Å². The minimum atomic E-state index is -0.539. The monoisotopic (exact) mass is 438 g/mol. The second kappa shape index (κ2) is 9.08. The molecule has 168 valence electrons. The first kappa shape index (κ1) is 22.0. The van der Waals surface area contributed by atoms with Crippen molar-refractivity contribution in [1.29, 1.82) is 0 Å². The Morgan fingerprint density at radius 2 is 1.78 bits per heavy atom. The van der Waals surface area contributed by atoms with Gasteiger partial charge in [0.1, 0.15) is 17.6 Å². The second-order valence-corrected chi connectivity index (χ2v) is 8.34. The summed E-state index contributed by atoms with van der Waals surface area (Å²) < 4.78 is 20.6. The van der Waals surface area contributed by atoms with Gasteiger partial charge in [-0.05, 0) is 51.1 Å². The number of anilines is 3. The number of para-hydroxylation sites is 1. The van der Waals surface area contributed by atoms with Gasteiger partial charge in [-0.2, -0.15) is 5.10 Å². The number of hydrogen-bond donors (Lipinski definition) is 1. The number of morpholine rings is 1. The van der Waals surface area contributed by atoms with Gasteiger partial charge in [0.25, 0.3) is 5.91 Å². The lowest BCUT2D eigenvalue weighted by atomic mass is 10.1. The number of amides is 1. The molecule has 1 saturated heterocycles. The third-order valence-electron chi connectivity index (χ3n) is 5.63. The van der Waals surface area contributed by atoms with Gasteiger partial charge in [-0.3, -0.25) is 14.6 Å². The minimum Gasteiger partial charge on any atom is -0.372 e. The number of nitrogens with zero attached hydrogens (tertiary/aromatic N) is 3. The molecule has 2 heterocycles. The van der Waals surface area contributed by atoms with E-state index < -0.39 is 17.8 Å². The predicted molar refractivity (Wildman–Crippen MR) is 123 cm³/mol. The summed E-state index contributed by atoms with van der Waals surface area (Å²) in [5, 5.41) is 8.67. The van der Waals surface area contributed by atoms with Crippen molar-refractivity contribution in [2.24, 2.45) is 5.10 Å². The maximum atomic E-state index is 14.9. The summed E-state index contributed by atoms with van der Waals surface area (Å²) in [6.07, 6.45) is 0.222. The number of hydrogen-bond acceptors (Lipinski definition) is 6. The number of Topliss-reactive ketones (excluding diaryl/α,β-unsaturated/α-hetero) is 1. The van der Waals surface area contributed by atoms with Crippen LogP contribution in [-0.4, -0.2) is 48.7 Å². The molecular formula is C24H27FN4O3. The number of benzene rings is 2. The van der Waals surface area contributed by atoms with Crippen LogP contribution < -0.4 is 15.2 Å². The van der Waals surface area contributed by atoms with Crippen molar-refractivity contribution in [1.82, 2.24) is 0 Å². The first-order valence-electron chi connectivity index (χ1n) is 10.8. The van der Waals surface area contributed by atoms with E-state index in [4.69, 9.17) is 4.74 Å². The van der Waals surface area contributed by atoms with E-state index >= 15 is 0 Å². The molecule has 3 unspecified atom stereocenters. The van der Waals surface area contributed by atoms with Crippen LogP contribution in [0.5, 0.6) is 0 Å². The summed E-state index contributed by atoms with van der Waals surface area (Å²) in [6.45, 7) is 6.62. The summed E-state index contributed by atoms with van der Waals surface area (Å²) >= 11 is 0. The van der Waals surface area contributed by atoms with Crippen LogP contribution in [0, 0.1) is 5.82 Å². The third kappa shape index (κ3) is 4.65. The van der Waals surface area contributed by atoms with Crippen molar-refractivity contribution in [3.05, 3.63) is 54.3 Å². The maximum Gasteiger partial charge on any atom is 0.271 e. The van der Waals surface area contributed by atoms with Crippen LogP contribution in [0.4, 0.5) is 21.5 Å². The van der Waals surface area contributed by atoms with Gasteiger partial charge in [0.15, 0.2) is 5.78 Å². The smallest absolute Gasteiger partial charge is 0.271 e. The number of halogens is 1. The Bertz CT molecular complexity index is 1030. The summed E-state index contributed by atoms with van der Waals surface area (Å²) in [6, 6.07) is 13.3. The molecule has 1 amide bonds. The molecule has 1 fully saturated rings. The Morgan fingerprint density at radius 3 is 2.41 bits per heavy atom. The zero-order chi connectivity index (χ0) is 22.8. The van der Waals surface area contributed by atoms with Crippen LogP contribution >= 0.6 is 0 Å². The maximum absolute atomic E-state index is 14.9. The van der Waals surface area contributed by atoms with Crippen LogP contribution in [0.3, 0.4) is 0 Å². The third-order valence-corrected chi connectivity index (χ3v) is 5.63. The van der Waals surface area contributed by atoms with Crippen molar-refractivity contribution >= 4 is 34.5 Å². The van der Waals surface area contributed by atoms with Crippen LogP contribution in [0.15, 0.2) is 53.6 Å². The molecule has 3 atom stereocenters. The zero-order valence-corrected chi connectivity index (χ0v) is 18.4. The van der Waals surface area contributed by atoms with E-state index in [2.05, 4.69) is 10.4 Å². The predicted octanol–water partition coefficient (Wildman–Crippen LogP) is 3.60. The molecule has 1 N–H and O–H groups in total. The van der Waals surface area contributed by atoms with Gasteiger partial charge in [0.05, 0.1) is 23.6 Å². The van der Waals surface area contributed by atoms with Crippen molar-refractivity contribution in [2.75, 3.05) is 28.3 Å². The fraction of sp³-hybridized carbons (Fsp3) is 0.375. The molecule has 2 aliphatic rings. The lowest BCUT2D eigenvalue weighted by Crippen LogP contribution is -2.45. The largest absolute Gasteiger partial charge is 0.372 e. The van der Waals surface area contributed by atoms with Gasteiger partial charge >= 0.3 is 0 Å². The SMILES string of the molecule is CC(=O)C1CC(C(=O)Nc2ccc(N3CC(C)OC(C)C3)c(F)c2)=NN1c1ccccc1. The Hall–Kier alpha value is -3.26. The fourth-order valence-electron chi connectivity index (χ4n) is 4.20. The number of ether oxygens (including phenoxy) is 1. The van der Waals surface area contributed by atoms with E-state index in [0.717, 1.165) is 5.69 Å². The number of hydrazone groups is 1. The van der Waals surface area contributed by atoms with Crippen molar-refractivity contribution in [3.8, 4) is 0 Å². The summed E-state index contributed by atoms with van der Waals surface area (Å²) in [5.41, 5.74) is 1.79. The Morgan fingerprint density at radius 1 is 1.09 bits per heavy atom. The Kier molecular flexibility index (Phi) is 6.23. The van der Waals surface area contributed by atoms with Crippen LogP contribution in [-0.2, 0) is 14.3 Å². The first-order valence-corrected chi connectivity index (χ1v) is 10.8. The molecule has 8 heteroatoms. The molecular weight excluding hydrogens is 411 g/mol. The summed E-state index contributed by atoms with van der Waals surface area (Å²) in [7, 11) is 0. The number of rotatable bonds is 5. The molecule has 0 spiro atoms. The van der Waals surface area contributed by atoms with Gasteiger partial charge < -0.3 is 15.0 Å². The van der Waals surface area contributed by atoms with Gasteiger partial charge in [0, 0.05) is 25.2 Å². The molecule has 0 bridgehead atoms. The number of carbonyl (C=O) groups is 2. The highest BCUT2D eigenvalue weighted by atomic mass is 19.1. The summed E-state index contributed by atoms with van der Waals surface area (Å²) in [4.78, 5) is 26.9. The Balaban J connectivity index is 1.49. The van der Waals surface area contributed by atoms with Gasteiger partial charge in [-0.15, -0.1) is 0 Å². The quantitative estimate of drug-likeness (QED) is 0.772. The average molecular weight is 439 g/mol. The van der Waals surface area contributed by atoms with Crippen molar-refractivity contribution < 1.29 is 18.7 Å². The molecule has 0 saturated carbocycles. The minimum absolute atomic E-state index is 0.0136. The molecule has 2 aliphatic heterocycles. The van der Waals surface area contributed by atoms with Crippen LogP contribution in [0.1, 0.15) is 27.2 Å². The van der Waals surface area contributed by atoms with Crippen molar-refractivity contribution in [2.45, 2.75) is 45.4 Å². The highest BCUT2D eigenvalue weighted by Gasteiger charge is 2.34. The molecule has 32 heavy (non-hydrogen) atoms. The highest BCUT2D eigenvalue weighted by molar-refractivity contribution is 6.44. The zero-order valence-electron chi connectivity index (χ0n) is 18.4.